The third-order valence-electron chi connectivity index (χ3n) is 2.83. The number of rotatable bonds is 5. The second-order valence-electron chi connectivity index (χ2n) is 4.26. The lowest BCUT2D eigenvalue weighted by Crippen LogP contribution is -2.17. The van der Waals surface area contributed by atoms with Crippen LogP contribution in [0.1, 0.15) is 15.9 Å². The zero-order valence-corrected chi connectivity index (χ0v) is 10.9. The second kappa shape index (κ2) is 5.87. The van der Waals surface area contributed by atoms with Gasteiger partial charge in [0.05, 0.1) is 10.6 Å². The van der Waals surface area contributed by atoms with Gasteiger partial charge >= 0.3 is 0 Å². The van der Waals surface area contributed by atoms with Crippen LogP contribution in [0.3, 0.4) is 0 Å². The Morgan fingerprint density at radius 3 is 2.81 bits per heavy atom. The molecule has 0 aliphatic heterocycles. The quantitative estimate of drug-likeness (QED) is 0.559. The Kier molecular flexibility index (Phi) is 3.98. The summed E-state index contributed by atoms with van der Waals surface area (Å²) in [5.74, 6) is -0.659. The number of primary amides is 1. The summed E-state index contributed by atoms with van der Waals surface area (Å²) >= 11 is 0. The molecule has 1 amide bonds. The Balaban J connectivity index is 2.21. The van der Waals surface area contributed by atoms with Crippen LogP contribution in [0.15, 0.2) is 36.5 Å². The highest BCUT2D eigenvalue weighted by atomic mass is 16.6. The van der Waals surface area contributed by atoms with Gasteiger partial charge in [0.15, 0.2) is 0 Å². The largest absolute Gasteiger partial charge is 0.383 e. The Morgan fingerprint density at radius 1 is 1.38 bits per heavy atom. The predicted molar refractivity (Wildman–Crippen MR) is 77.6 cm³/mol. The fraction of sp³-hybridized carbons (Fsp3) is 0.0769. The number of hydrogen-bond acceptors (Lipinski definition) is 6. The molecule has 0 fully saturated rings. The van der Waals surface area contributed by atoms with E-state index in [2.05, 4.69) is 10.3 Å². The lowest BCUT2D eigenvalue weighted by atomic mass is 10.1. The average Bonchev–Trinajstić information content (AvgIpc) is 2.45. The van der Waals surface area contributed by atoms with Crippen molar-refractivity contribution in [2.45, 2.75) is 6.54 Å². The second-order valence-corrected chi connectivity index (χ2v) is 4.26. The molecule has 0 atom stereocenters. The van der Waals surface area contributed by atoms with Crippen LogP contribution in [-0.4, -0.2) is 15.8 Å². The van der Waals surface area contributed by atoms with Gasteiger partial charge in [-0.2, -0.15) is 0 Å². The van der Waals surface area contributed by atoms with Crippen molar-refractivity contribution < 1.29 is 9.72 Å². The molecule has 1 heterocycles. The monoisotopic (exact) mass is 287 g/mol. The molecule has 8 heteroatoms. The number of anilines is 2. The van der Waals surface area contributed by atoms with E-state index in [1.165, 1.54) is 18.3 Å². The number of nitrogen functional groups attached to an aromatic ring is 1. The summed E-state index contributed by atoms with van der Waals surface area (Å²) < 4.78 is 0. The number of nitro benzene ring substituents is 1. The molecule has 0 radical (unpaired) electrons. The predicted octanol–water partition coefficient (Wildman–Crippen LogP) is 1.28. The van der Waals surface area contributed by atoms with Crippen LogP contribution in [0.5, 0.6) is 0 Å². The highest BCUT2D eigenvalue weighted by Gasteiger charge is 2.13. The topological polar surface area (TPSA) is 137 Å². The zero-order valence-electron chi connectivity index (χ0n) is 10.9. The SMILES string of the molecule is NC(=O)c1c(NCc2cccc([N+](=O)[O-])c2)ccnc1N. The number of amides is 1. The van der Waals surface area contributed by atoms with Gasteiger partial charge in [0, 0.05) is 24.9 Å². The van der Waals surface area contributed by atoms with E-state index in [-0.39, 0.29) is 23.6 Å². The molecule has 0 spiro atoms. The van der Waals surface area contributed by atoms with Crippen molar-refractivity contribution in [2.24, 2.45) is 5.73 Å². The zero-order chi connectivity index (χ0) is 15.4. The summed E-state index contributed by atoms with van der Waals surface area (Å²) in [7, 11) is 0. The first-order valence-electron chi connectivity index (χ1n) is 6.00. The molecule has 2 aromatic rings. The van der Waals surface area contributed by atoms with Crippen molar-refractivity contribution in [2.75, 3.05) is 11.1 Å². The molecule has 8 nitrogen and oxygen atoms in total. The number of aromatic nitrogens is 1. The summed E-state index contributed by atoms with van der Waals surface area (Å²) in [6.45, 7) is 0.283. The third kappa shape index (κ3) is 3.24. The van der Waals surface area contributed by atoms with E-state index in [4.69, 9.17) is 11.5 Å². The van der Waals surface area contributed by atoms with Crippen LogP contribution in [0.25, 0.3) is 0 Å². The molecule has 0 aliphatic rings. The molecule has 0 saturated heterocycles. The van der Waals surface area contributed by atoms with E-state index >= 15 is 0 Å². The first kappa shape index (κ1) is 14.3. The number of hydrogen-bond donors (Lipinski definition) is 3. The number of nitrogens with two attached hydrogens (primary N) is 2. The average molecular weight is 287 g/mol. The molecule has 0 bridgehead atoms. The van der Waals surface area contributed by atoms with Crippen molar-refractivity contribution in [3.63, 3.8) is 0 Å². The first-order valence-corrected chi connectivity index (χ1v) is 6.00. The molecule has 0 aliphatic carbocycles. The van der Waals surface area contributed by atoms with Gasteiger partial charge < -0.3 is 16.8 Å². The summed E-state index contributed by atoms with van der Waals surface area (Å²) in [5, 5.41) is 13.7. The van der Waals surface area contributed by atoms with E-state index < -0.39 is 10.8 Å². The maximum absolute atomic E-state index is 11.4. The van der Waals surface area contributed by atoms with Gasteiger partial charge in [0.1, 0.15) is 11.4 Å². The fourth-order valence-electron chi connectivity index (χ4n) is 1.86. The highest BCUT2D eigenvalue weighted by molar-refractivity contribution is 6.02. The Labute approximate surface area is 119 Å². The van der Waals surface area contributed by atoms with Crippen molar-refractivity contribution in [3.05, 3.63) is 57.8 Å². The Morgan fingerprint density at radius 2 is 2.14 bits per heavy atom. The van der Waals surface area contributed by atoms with Crippen molar-refractivity contribution in [3.8, 4) is 0 Å². The summed E-state index contributed by atoms with van der Waals surface area (Å²) in [5.41, 5.74) is 12.1. The van der Waals surface area contributed by atoms with E-state index in [1.807, 2.05) is 0 Å². The standard InChI is InChI=1S/C13H13N5O3/c14-12-11(13(15)19)10(4-5-16-12)17-7-8-2-1-3-9(6-8)18(20)21/h1-6H,7H2,(H2,15,19)(H3,14,16,17). The molecule has 1 aromatic heterocycles. The van der Waals surface area contributed by atoms with Gasteiger partial charge in [-0.15, -0.1) is 0 Å². The van der Waals surface area contributed by atoms with E-state index in [1.54, 1.807) is 18.2 Å². The van der Waals surface area contributed by atoms with E-state index in [9.17, 15) is 14.9 Å². The highest BCUT2D eigenvalue weighted by Crippen LogP contribution is 2.20. The van der Waals surface area contributed by atoms with Crippen LogP contribution in [0.2, 0.25) is 0 Å². The fourth-order valence-corrected chi connectivity index (χ4v) is 1.86. The summed E-state index contributed by atoms with van der Waals surface area (Å²) in [6.07, 6.45) is 1.44. The summed E-state index contributed by atoms with van der Waals surface area (Å²) in [4.78, 5) is 25.4. The van der Waals surface area contributed by atoms with Crippen molar-refractivity contribution >= 4 is 23.1 Å². The van der Waals surface area contributed by atoms with Gasteiger partial charge in [-0.1, -0.05) is 12.1 Å². The number of nitrogens with zero attached hydrogens (tertiary/aromatic N) is 2. The number of benzene rings is 1. The number of non-ortho nitro benzene ring substituents is 1. The number of pyridine rings is 1. The van der Waals surface area contributed by atoms with Gasteiger partial charge in [0.25, 0.3) is 11.6 Å². The smallest absolute Gasteiger partial charge is 0.269 e. The van der Waals surface area contributed by atoms with Gasteiger partial charge in [-0.05, 0) is 11.6 Å². The van der Waals surface area contributed by atoms with Gasteiger partial charge in [0.2, 0.25) is 0 Å². The number of nitrogens with one attached hydrogen (secondary N) is 1. The minimum Gasteiger partial charge on any atom is -0.383 e. The molecule has 5 N–H and O–H groups in total. The van der Waals surface area contributed by atoms with Crippen LogP contribution >= 0.6 is 0 Å². The number of nitro groups is 1. The maximum atomic E-state index is 11.4. The lowest BCUT2D eigenvalue weighted by Gasteiger charge is -2.11. The molecular weight excluding hydrogens is 274 g/mol. The van der Waals surface area contributed by atoms with Gasteiger partial charge in [-0.25, -0.2) is 4.98 Å². The molecule has 1 aromatic carbocycles. The minimum atomic E-state index is -0.692. The van der Waals surface area contributed by atoms with Crippen LogP contribution in [0.4, 0.5) is 17.2 Å². The third-order valence-corrected chi connectivity index (χ3v) is 2.83. The normalized spacial score (nSPS) is 10.1. The maximum Gasteiger partial charge on any atom is 0.269 e. The van der Waals surface area contributed by atoms with Crippen LogP contribution in [0, 0.1) is 10.1 Å². The van der Waals surface area contributed by atoms with E-state index in [0.29, 0.717) is 11.3 Å². The number of carbonyl (C=O) groups is 1. The molecule has 0 saturated carbocycles. The molecule has 21 heavy (non-hydrogen) atoms. The Hall–Kier alpha value is -3.16. The lowest BCUT2D eigenvalue weighted by molar-refractivity contribution is -0.384. The van der Waals surface area contributed by atoms with Crippen LogP contribution in [-0.2, 0) is 6.54 Å². The first-order chi connectivity index (χ1) is 9.99. The molecule has 2 rings (SSSR count). The summed E-state index contributed by atoms with van der Waals surface area (Å²) in [6, 6.07) is 7.73. The minimum absolute atomic E-state index is 0.00123. The molecular formula is C13H13N5O3. The molecule has 108 valence electrons. The van der Waals surface area contributed by atoms with Crippen molar-refractivity contribution in [1.82, 2.24) is 4.98 Å². The Bertz CT molecular complexity index is 702. The number of carbonyl (C=O) groups excluding carboxylic acids is 1. The van der Waals surface area contributed by atoms with Gasteiger partial charge in [-0.3, -0.25) is 14.9 Å². The van der Waals surface area contributed by atoms with Crippen LogP contribution < -0.4 is 16.8 Å². The molecule has 0 unspecified atom stereocenters. The van der Waals surface area contributed by atoms with E-state index in [0.717, 1.165) is 0 Å². The van der Waals surface area contributed by atoms with Crippen molar-refractivity contribution in [1.29, 1.82) is 0 Å².